The molecule has 2 heterocycles. The van der Waals surface area contributed by atoms with Gasteiger partial charge in [-0.1, -0.05) is 6.92 Å². The van der Waals surface area contributed by atoms with Crippen LogP contribution in [0.15, 0.2) is 29.0 Å². The number of hydrogen-bond donors (Lipinski definition) is 2. The first-order valence-corrected chi connectivity index (χ1v) is 6.78. The zero-order valence-corrected chi connectivity index (χ0v) is 11.8. The van der Waals surface area contributed by atoms with Gasteiger partial charge < -0.3 is 5.32 Å². The van der Waals surface area contributed by atoms with Crippen molar-refractivity contribution in [1.29, 1.82) is 0 Å². The average molecular weight is 310 g/mol. The molecule has 0 aromatic carbocycles. The molecule has 2 rings (SSSR count). The lowest BCUT2D eigenvalue weighted by atomic mass is 10.1. The van der Waals surface area contributed by atoms with Crippen LogP contribution in [0.25, 0.3) is 0 Å². The molecule has 0 radical (unpaired) electrons. The monoisotopic (exact) mass is 309 g/mol. The Hall–Kier alpha value is -1.27. The molecule has 2 aromatic rings. The first kappa shape index (κ1) is 13.2. The Bertz CT molecular complexity index is 454. The van der Waals surface area contributed by atoms with Gasteiger partial charge in [0, 0.05) is 22.8 Å². The highest BCUT2D eigenvalue weighted by atomic mass is 79.9. The van der Waals surface area contributed by atoms with E-state index in [1.54, 1.807) is 6.20 Å². The molecule has 2 N–H and O–H groups in total. The largest absolute Gasteiger partial charge is 0.308 e. The van der Waals surface area contributed by atoms with Crippen LogP contribution < -0.4 is 5.32 Å². The second-order valence-electron chi connectivity index (χ2n) is 4.07. The number of pyridine rings is 1. The fourth-order valence-electron chi connectivity index (χ4n) is 1.71. The Balaban J connectivity index is 2.07. The maximum atomic E-state index is 4.39. The van der Waals surface area contributed by atoms with Crippen molar-refractivity contribution in [3.8, 4) is 0 Å². The number of aromatic nitrogens is 4. The summed E-state index contributed by atoms with van der Waals surface area (Å²) in [4.78, 5) is 4.39. The Morgan fingerprint density at radius 3 is 2.89 bits per heavy atom. The molecular weight excluding hydrogens is 294 g/mol. The van der Waals surface area contributed by atoms with E-state index in [2.05, 4.69) is 48.6 Å². The zero-order chi connectivity index (χ0) is 12.8. The highest BCUT2D eigenvalue weighted by Gasteiger charge is 2.14. The first-order valence-electron chi connectivity index (χ1n) is 5.99. The molecule has 0 saturated heterocycles. The van der Waals surface area contributed by atoms with E-state index in [1.807, 2.05) is 18.3 Å². The van der Waals surface area contributed by atoms with Crippen LogP contribution >= 0.6 is 15.9 Å². The van der Waals surface area contributed by atoms with Crippen molar-refractivity contribution < 1.29 is 0 Å². The summed E-state index contributed by atoms with van der Waals surface area (Å²) in [6.07, 6.45) is 5.46. The van der Waals surface area contributed by atoms with E-state index in [9.17, 15) is 0 Å². The fraction of sp³-hybridized carbons (Fsp3) is 0.417. The van der Waals surface area contributed by atoms with Crippen LogP contribution in [0.4, 0.5) is 0 Å². The zero-order valence-electron chi connectivity index (χ0n) is 10.2. The van der Waals surface area contributed by atoms with Crippen LogP contribution in [0.3, 0.4) is 0 Å². The minimum absolute atomic E-state index is 0.150. The van der Waals surface area contributed by atoms with Crippen molar-refractivity contribution in [2.24, 2.45) is 0 Å². The summed E-state index contributed by atoms with van der Waals surface area (Å²) < 4.78 is 0.991. The van der Waals surface area contributed by atoms with Crippen LogP contribution in [-0.4, -0.2) is 26.9 Å². The molecule has 0 aliphatic carbocycles. The normalized spacial score (nSPS) is 12.6. The van der Waals surface area contributed by atoms with E-state index in [0.717, 1.165) is 35.2 Å². The number of nitrogens with zero attached hydrogens (tertiary/aromatic N) is 3. The first-order chi connectivity index (χ1) is 8.79. The minimum atomic E-state index is 0.150. The van der Waals surface area contributed by atoms with Gasteiger partial charge in [-0.15, -0.1) is 0 Å². The van der Waals surface area contributed by atoms with Crippen LogP contribution in [0.5, 0.6) is 0 Å². The average Bonchev–Trinajstić information content (AvgIpc) is 2.90. The van der Waals surface area contributed by atoms with Gasteiger partial charge in [-0.25, -0.2) is 0 Å². The van der Waals surface area contributed by atoms with Crippen molar-refractivity contribution in [1.82, 2.24) is 25.7 Å². The number of H-pyrrole nitrogens is 1. The lowest BCUT2D eigenvalue weighted by Crippen LogP contribution is -2.24. The van der Waals surface area contributed by atoms with E-state index in [-0.39, 0.29) is 6.04 Å². The highest BCUT2D eigenvalue weighted by Crippen LogP contribution is 2.16. The van der Waals surface area contributed by atoms with Crippen molar-refractivity contribution in [2.45, 2.75) is 25.8 Å². The number of nitrogens with one attached hydrogen (secondary N) is 2. The molecule has 96 valence electrons. The van der Waals surface area contributed by atoms with Crippen LogP contribution in [-0.2, 0) is 6.42 Å². The lowest BCUT2D eigenvalue weighted by molar-refractivity contribution is 0.512. The molecule has 6 heteroatoms. The topological polar surface area (TPSA) is 66.5 Å². The van der Waals surface area contributed by atoms with Crippen molar-refractivity contribution in [3.63, 3.8) is 0 Å². The quantitative estimate of drug-likeness (QED) is 0.859. The molecule has 1 atom stereocenters. The van der Waals surface area contributed by atoms with Gasteiger partial charge in [0.2, 0.25) is 0 Å². The second kappa shape index (κ2) is 6.61. The van der Waals surface area contributed by atoms with E-state index < -0.39 is 0 Å². The summed E-state index contributed by atoms with van der Waals surface area (Å²) in [5, 5.41) is 14.1. The van der Waals surface area contributed by atoms with Crippen molar-refractivity contribution in [2.75, 3.05) is 6.54 Å². The van der Waals surface area contributed by atoms with Gasteiger partial charge in [0.25, 0.3) is 0 Å². The molecule has 0 saturated carbocycles. The Morgan fingerprint density at radius 1 is 1.39 bits per heavy atom. The third-order valence-corrected chi connectivity index (χ3v) is 3.10. The van der Waals surface area contributed by atoms with Gasteiger partial charge in [-0.05, 0) is 41.0 Å². The molecule has 0 aliphatic rings. The van der Waals surface area contributed by atoms with Gasteiger partial charge in [0.15, 0.2) is 0 Å². The maximum Gasteiger partial charge on any atom is 0.0997 e. The Labute approximate surface area is 115 Å². The molecule has 2 aromatic heterocycles. The van der Waals surface area contributed by atoms with Gasteiger partial charge >= 0.3 is 0 Å². The summed E-state index contributed by atoms with van der Waals surface area (Å²) in [5.74, 6) is 0. The lowest BCUT2D eigenvalue weighted by Gasteiger charge is -2.15. The molecular formula is C12H16BrN5. The SMILES string of the molecule is CCCNC(Cc1ccc(Br)cn1)c1cn[nH]n1. The van der Waals surface area contributed by atoms with Crippen molar-refractivity contribution >= 4 is 15.9 Å². The number of halogens is 1. The van der Waals surface area contributed by atoms with Crippen LogP contribution in [0.1, 0.15) is 30.8 Å². The van der Waals surface area contributed by atoms with E-state index in [0.29, 0.717) is 0 Å². The third-order valence-electron chi connectivity index (χ3n) is 2.63. The van der Waals surface area contributed by atoms with Crippen LogP contribution in [0, 0.1) is 0 Å². The smallest absolute Gasteiger partial charge is 0.0997 e. The maximum absolute atomic E-state index is 4.39. The van der Waals surface area contributed by atoms with E-state index >= 15 is 0 Å². The molecule has 0 spiro atoms. The fourth-order valence-corrected chi connectivity index (χ4v) is 1.95. The summed E-state index contributed by atoms with van der Waals surface area (Å²) in [6.45, 7) is 3.10. The van der Waals surface area contributed by atoms with E-state index in [4.69, 9.17) is 0 Å². The number of aromatic amines is 1. The number of hydrogen-bond acceptors (Lipinski definition) is 4. The molecule has 5 nitrogen and oxygen atoms in total. The predicted molar refractivity (Wildman–Crippen MR) is 73.1 cm³/mol. The highest BCUT2D eigenvalue weighted by molar-refractivity contribution is 9.10. The van der Waals surface area contributed by atoms with Gasteiger partial charge in [0.05, 0.1) is 17.9 Å². The Morgan fingerprint density at radius 2 is 2.28 bits per heavy atom. The number of rotatable bonds is 6. The predicted octanol–water partition coefficient (Wildman–Crippen LogP) is 2.25. The molecule has 18 heavy (non-hydrogen) atoms. The summed E-state index contributed by atoms with van der Waals surface area (Å²) >= 11 is 3.39. The molecule has 0 amide bonds. The standard InChI is InChI=1S/C12H16BrN5/c1-2-5-14-11(12-8-16-18-17-12)6-10-4-3-9(13)7-15-10/h3-4,7-8,11,14H,2,5-6H2,1H3,(H,16,17,18). The minimum Gasteiger partial charge on any atom is -0.308 e. The van der Waals surface area contributed by atoms with Gasteiger partial charge in [0.1, 0.15) is 0 Å². The molecule has 0 bridgehead atoms. The van der Waals surface area contributed by atoms with Crippen LogP contribution in [0.2, 0.25) is 0 Å². The van der Waals surface area contributed by atoms with Gasteiger partial charge in [-0.3, -0.25) is 4.98 Å². The molecule has 1 unspecified atom stereocenters. The van der Waals surface area contributed by atoms with Crippen molar-refractivity contribution in [3.05, 3.63) is 40.4 Å². The summed E-state index contributed by atoms with van der Waals surface area (Å²) in [5.41, 5.74) is 1.96. The molecule has 0 fully saturated rings. The third kappa shape index (κ3) is 3.61. The summed E-state index contributed by atoms with van der Waals surface area (Å²) in [7, 11) is 0. The van der Waals surface area contributed by atoms with Gasteiger partial charge in [-0.2, -0.15) is 15.4 Å². The van der Waals surface area contributed by atoms with E-state index in [1.165, 1.54) is 0 Å². The summed E-state index contributed by atoms with van der Waals surface area (Å²) in [6, 6.07) is 4.17. The second-order valence-corrected chi connectivity index (χ2v) is 4.99. The molecule has 0 aliphatic heterocycles. The Kier molecular flexibility index (Phi) is 4.83.